The maximum Gasteiger partial charge on any atom is 0.266 e. The van der Waals surface area contributed by atoms with Crippen LogP contribution in [0.25, 0.3) is 6.08 Å². The van der Waals surface area contributed by atoms with Gasteiger partial charge in [-0.25, -0.2) is 0 Å². The zero-order valence-corrected chi connectivity index (χ0v) is 20.5. The summed E-state index contributed by atoms with van der Waals surface area (Å²) in [6.07, 6.45) is 1.43. The summed E-state index contributed by atoms with van der Waals surface area (Å²) in [5, 5.41) is 21.8. The Labute approximate surface area is 211 Å². The summed E-state index contributed by atoms with van der Waals surface area (Å²) in [6, 6.07) is 21.4. The Morgan fingerprint density at radius 3 is 2.62 bits per heavy atom. The molecule has 0 bridgehead atoms. The molecule has 0 aliphatic carbocycles. The fourth-order valence-corrected chi connectivity index (χ4v) is 3.73. The maximum absolute atomic E-state index is 12.6. The van der Waals surface area contributed by atoms with Crippen LogP contribution in [0.1, 0.15) is 23.6 Å². The number of nitrogens with zero attached hydrogens (tertiary/aromatic N) is 2. The second-order valence-electron chi connectivity index (χ2n) is 6.95. The van der Waals surface area contributed by atoms with E-state index in [2.05, 4.69) is 27.3 Å². The van der Waals surface area contributed by atoms with E-state index in [1.807, 2.05) is 25.1 Å². The third kappa shape index (κ3) is 6.39. The van der Waals surface area contributed by atoms with Crippen molar-refractivity contribution in [3.63, 3.8) is 0 Å². The van der Waals surface area contributed by atoms with Crippen molar-refractivity contribution in [2.24, 2.45) is 0 Å². The predicted octanol–water partition coefficient (Wildman–Crippen LogP) is 6.50. The Bertz CT molecular complexity index is 1330. The summed E-state index contributed by atoms with van der Waals surface area (Å²) in [5.74, 6) is 0.119. The summed E-state index contributed by atoms with van der Waals surface area (Å²) < 4.78 is 12.4. The van der Waals surface area contributed by atoms with Crippen molar-refractivity contribution in [2.45, 2.75) is 13.5 Å². The molecular formula is C26H19BrClN3O3. The van der Waals surface area contributed by atoms with E-state index < -0.39 is 5.91 Å². The van der Waals surface area contributed by atoms with Crippen molar-refractivity contribution in [3.05, 3.63) is 92.4 Å². The minimum atomic E-state index is -0.553. The highest BCUT2D eigenvalue weighted by atomic mass is 79.9. The fraction of sp³-hybridized carbons (Fsp3) is 0.115. The van der Waals surface area contributed by atoms with E-state index >= 15 is 0 Å². The van der Waals surface area contributed by atoms with Gasteiger partial charge in [-0.05, 0) is 55.0 Å². The topological polar surface area (TPSA) is 95.1 Å². The second-order valence-corrected chi connectivity index (χ2v) is 8.28. The van der Waals surface area contributed by atoms with Crippen molar-refractivity contribution < 1.29 is 14.3 Å². The Morgan fingerprint density at radius 2 is 1.91 bits per heavy atom. The summed E-state index contributed by atoms with van der Waals surface area (Å²) >= 11 is 9.82. The van der Waals surface area contributed by atoms with E-state index in [1.165, 1.54) is 6.08 Å². The summed E-state index contributed by atoms with van der Waals surface area (Å²) in [4.78, 5) is 12.6. The molecule has 0 saturated heterocycles. The average molecular weight is 537 g/mol. The molecule has 0 radical (unpaired) electrons. The van der Waals surface area contributed by atoms with Crippen LogP contribution in [0, 0.1) is 22.7 Å². The minimum Gasteiger partial charge on any atom is -0.490 e. The van der Waals surface area contributed by atoms with Crippen molar-refractivity contribution in [1.82, 2.24) is 0 Å². The Morgan fingerprint density at radius 1 is 1.12 bits per heavy atom. The van der Waals surface area contributed by atoms with Crippen LogP contribution < -0.4 is 14.8 Å². The number of rotatable bonds is 8. The van der Waals surface area contributed by atoms with Gasteiger partial charge in [0.1, 0.15) is 18.2 Å². The Balaban J connectivity index is 1.87. The number of amides is 1. The third-order valence-electron chi connectivity index (χ3n) is 4.60. The van der Waals surface area contributed by atoms with E-state index in [0.717, 1.165) is 4.47 Å². The lowest BCUT2D eigenvalue weighted by Gasteiger charge is -2.15. The molecule has 0 fully saturated rings. The molecule has 0 atom stereocenters. The van der Waals surface area contributed by atoms with Gasteiger partial charge in [0.25, 0.3) is 5.91 Å². The zero-order chi connectivity index (χ0) is 24.5. The molecule has 170 valence electrons. The molecule has 6 nitrogen and oxygen atoms in total. The molecule has 34 heavy (non-hydrogen) atoms. The number of carbonyl (C=O) groups excluding carboxylic acids is 1. The van der Waals surface area contributed by atoms with Crippen LogP contribution in [-0.4, -0.2) is 12.5 Å². The first-order valence-corrected chi connectivity index (χ1v) is 11.4. The summed E-state index contributed by atoms with van der Waals surface area (Å²) in [6.45, 7) is 2.29. The van der Waals surface area contributed by atoms with Gasteiger partial charge in [-0.3, -0.25) is 4.79 Å². The number of anilines is 1. The van der Waals surface area contributed by atoms with E-state index in [-0.39, 0.29) is 17.2 Å². The SMILES string of the molecule is CCOc1cc(/C=C(/C#N)C(=O)Nc2cccc(Br)c2)cc(Cl)c1OCc1ccccc1C#N. The number of halogens is 2. The molecule has 1 N–H and O–H groups in total. The molecule has 3 rings (SSSR count). The fourth-order valence-electron chi connectivity index (χ4n) is 3.06. The molecule has 0 saturated carbocycles. The Hall–Kier alpha value is -3.78. The quantitative estimate of drug-likeness (QED) is 0.262. The average Bonchev–Trinajstić information content (AvgIpc) is 2.82. The first kappa shape index (κ1) is 24.9. The molecule has 1 amide bonds. The monoisotopic (exact) mass is 535 g/mol. The molecule has 0 unspecified atom stereocenters. The summed E-state index contributed by atoms with van der Waals surface area (Å²) in [7, 11) is 0. The lowest BCUT2D eigenvalue weighted by molar-refractivity contribution is -0.112. The van der Waals surface area contributed by atoms with E-state index in [9.17, 15) is 15.3 Å². The van der Waals surface area contributed by atoms with Crippen LogP contribution in [0.3, 0.4) is 0 Å². The highest BCUT2D eigenvalue weighted by molar-refractivity contribution is 9.10. The first-order chi connectivity index (χ1) is 16.4. The number of ether oxygens (including phenoxy) is 2. The van der Waals surface area contributed by atoms with Gasteiger partial charge < -0.3 is 14.8 Å². The lowest BCUT2D eigenvalue weighted by atomic mass is 10.1. The van der Waals surface area contributed by atoms with Gasteiger partial charge in [0.05, 0.1) is 23.3 Å². The molecule has 3 aromatic rings. The van der Waals surface area contributed by atoms with Crippen LogP contribution in [0.5, 0.6) is 11.5 Å². The largest absolute Gasteiger partial charge is 0.490 e. The predicted molar refractivity (Wildman–Crippen MR) is 134 cm³/mol. The maximum atomic E-state index is 12.6. The molecule has 8 heteroatoms. The standard InChI is InChI=1S/C26H19BrClN3O3/c1-2-33-24-12-17(10-20(15-30)26(32)31-22-9-5-8-21(27)13-22)11-23(28)25(24)34-16-19-7-4-3-6-18(19)14-29/h3-13H,2,16H2,1H3,(H,31,32)/b20-10-. The molecule has 0 aliphatic rings. The molecular weight excluding hydrogens is 518 g/mol. The smallest absolute Gasteiger partial charge is 0.266 e. The number of hydrogen-bond acceptors (Lipinski definition) is 5. The first-order valence-electron chi connectivity index (χ1n) is 10.2. The van der Waals surface area contributed by atoms with Crippen molar-refractivity contribution >= 4 is 45.2 Å². The molecule has 3 aromatic carbocycles. The van der Waals surface area contributed by atoms with E-state index in [4.69, 9.17) is 21.1 Å². The van der Waals surface area contributed by atoms with Crippen LogP contribution in [-0.2, 0) is 11.4 Å². The van der Waals surface area contributed by atoms with Gasteiger partial charge in [0.2, 0.25) is 0 Å². The van der Waals surface area contributed by atoms with Crippen LogP contribution in [0.15, 0.2) is 70.7 Å². The molecule has 0 aliphatic heterocycles. The Kier molecular flexibility index (Phi) is 8.70. The number of hydrogen-bond donors (Lipinski definition) is 1. The van der Waals surface area contributed by atoms with Crippen LogP contribution in [0.4, 0.5) is 5.69 Å². The molecule has 0 spiro atoms. The molecule has 0 heterocycles. The van der Waals surface area contributed by atoms with Gasteiger partial charge >= 0.3 is 0 Å². The van der Waals surface area contributed by atoms with Gasteiger partial charge in [0, 0.05) is 15.7 Å². The number of benzene rings is 3. The highest BCUT2D eigenvalue weighted by Gasteiger charge is 2.15. The van der Waals surface area contributed by atoms with Crippen molar-refractivity contribution in [1.29, 1.82) is 10.5 Å². The van der Waals surface area contributed by atoms with Crippen LogP contribution in [0.2, 0.25) is 5.02 Å². The zero-order valence-electron chi connectivity index (χ0n) is 18.1. The molecule has 0 aromatic heterocycles. The second kappa shape index (κ2) is 11.9. The normalized spacial score (nSPS) is 10.7. The number of nitriles is 2. The van der Waals surface area contributed by atoms with Crippen molar-refractivity contribution in [2.75, 3.05) is 11.9 Å². The van der Waals surface area contributed by atoms with Gasteiger partial charge in [-0.1, -0.05) is 51.8 Å². The third-order valence-corrected chi connectivity index (χ3v) is 5.37. The summed E-state index contributed by atoms with van der Waals surface area (Å²) in [5.41, 5.74) is 2.17. The van der Waals surface area contributed by atoms with Gasteiger partial charge in [0.15, 0.2) is 11.5 Å². The minimum absolute atomic E-state index is 0.102. The van der Waals surface area contributed by atoms with Crippen LogP contribution >= 0.6 is 27.5 Å². The van der Waals surface area contributed by atoms with E-state index in [0.29, 0.717) is 40.5 Å². The highest BCUT2D eigenvalue weighted by Crippen LogP contribution is 2.38. The number of nitrogens with one attached hydrogen (secondary N) is 1. The van der Waals surface area contributed by atoms with Gasteiger partial charge in [-0.2, -0.15) is 10.5 Å². The lowest BCUT2D eigenvalue weighted by Crippen LogP contribution is -2.13. The van der Waals surface area contributed by atoms with Crippen molar-refractivity contribution in [3.8, 4) is 23.6 Å². The number of carbonyl (C=O) groups is 1. The van der Waals surface area contributed by atoms with E-state index in [1.54, 1.807) is 48.5 Å². The van der Waals surface area contributed by atoms with Gasteiger partial charge in [-0.15, -0.1) is 0 Å².